The van der Waals surface area contributed by atoms with Gasteiger partial charge in [0.05, 0.1) is 57.3 Å². The summed E-state index contributed by atoms with van der Waals surface area (Å²) in [7, 11) is -3.27. The fourth-order valence-corrected chi connectivity index (χ4v) is 10.8. The number of sulfone groups is 1. The van der Waals surface area contributed by atoms with Gasteiger partial charge in [0.1, 0.15) is 5.69 Å². The number of benzene rings is 4. The molecular weight excluding hydrogens is 1350 g/mol. The zero-order chi connectivity index (χ0) is 69.7. The lowest BCUT2D eigenvalue weighted by Gasteiger charge is -2.05. The van der Waals surface area contributed by atoms with E-state index in [1.807, 2.05) is 139 Å². The Labute approximate surface area is 604 Å². The Balaban J connectivity index is 0.000000373. The van der Waals surface area contributed by atoms with Crippen LogP contribution in [0, 0.1) is 0 Å². The van der Waals surface area contributed by atoms with Crippen LogP contribution >= 0.6 is 11.3 Å². The summed E-state index contributed by atoms with van der Waals surface area (Å²) in [4.78, 5) is 66.1. The minimum Gasteiger partial charge on any atom is -0.382 e. The highest BCUT2D eigenvalue weighted by Crippen LogP contribution is 2.32. The van der Waals surface area contributed by atoms with Gasteiger partial charge in [0.2, 0.25) is 17.5 Å². The molecule has 0 atom stereocenters. The molecule has 0 saturated heterocycles. The largest absolute Gasteiger partial charge is 0.382 e. The van der Waals surface area contributed by atoms with Gasteiger partial charge in [0.15, 0.2) is 67.7 Å². The van der Waals surface area contributed by atoms with Crippen molar-refractivity contribution in [1.29, 1.82) is 0 Å². The molecule has 0 fully saturated rings. The average Bonchev–Trinajstić information content (AvgIpc) is 1.77. The molecular formula is C71H78N26O4S2. The van der Waals surface area contributed by atoms with Crippen LogP contribution in [0.3, 0.4) is 0 Å². The summed E-state index contributed by atoms with van der Waals surface area (Å²) in [5.74, 6) is 4.33. The van der Waals surface area contributed by atoms with Gasteiger partial charge in [0.25, 0.3) is 11.8 Å². The second kappa shape index (κ2) is 32.1. The molecule has 103 heavy (non-hydrogen) atoms. The minimum atomic E-state index is -3.27. The number of pyridine rings is 3. The van der Waals surface area contributed by atoms with E-state index < -0.39 is 9.84 Å². The number of H-pyrrole nitrogens is 2. The molecule has 30 nitrogen and oxygen atoms in total. The zero-order valence-corrected chi connectivity index (χ0v) is 54.5. The van der Waals surface area contributed by atoms with Crippen molar-refractivity contribution in [1.82, 2.24) is 105 Å². The molecule has 12 N–H and O–H groups in total. The van der Waals surface area contributed by atoms with Gasteiger partial charge in [0, 0.05) is 100 Å². The van der Waals surface area contributed by atoms with Crippen LogP contribution in [0.1, 0.15) is 31.8 Å². The van der Waals surface area contributed by atoms with E-state index in [9.17, 15) is 8.42 Å². The van der Waals surface area contributed by atoms with Crippen LogP contribution in [-0.2, 0) is 16.4 Å². The van der Waals surface area contributed by atoms with E-state index in [-0.39, 0.29) is 66.0 Å². The zero-order valence-electron chi connectivity index (χ0n) is 52.9. The van der Waals surface area contributed by atoms with E-state index in [0.29, 0.717) is 92.9 Å². The number of nitrogens with zero attached hydrogens (tertiary/aromatic N) is 19. The van der Waals surface area contributed by atoms with Crippen LogP contribution < -0.4 is 28.7 Å². The summed E-state index contributed by atoms with van der Waals surface area (Å²) in [6.07, 6.45) is 17.7. The molecule has 528 valence electrons. The first-order valence-corrected chi connectivity index (χ1v) is 33.0. The van der Waals surface area contributed by atoms with E-state index in [2.05, 4.69) is 105 Å². The number of anilines is 4. The summed E-state index contributed by atoms with van der Waals surface area (Å²) >= 11 is 1.58. The van der Waals surface area contributed by atoms with E-state index in [0.717, 1.165) is 50.1 Å². The predicted molar refractivity (Wildman–Crippen MR) is 409 cm³/mol. The maximum absolute atomic E-state index is 11.6. The molecule has 32 heteroatoms. The number of nitrogen functional groups attached to an aromatic ring is 4. The molecule has 0 spiro atoms. The molecule has 0 aliphatic carbocycles. The normalized spacial score (nSPS) is 10.7. The highest BCUT2D eigenvalue weighted by molar-refractivity contribution is 7.90. The van der Waals surface area contributed by atoms with E-state index in [1.54, 1.807) is 79.2 Å². The maximum Gasteiger partial charge on any atom is 0.258 e. The van der Waals surface area contributed by atoms with Gasteiger partial charge in [-0.1, -0.05) is 98.0 Å². The van der Waals surface area contributed by atoms with Crippen molar-refractivity contribution in [2.45, 2.75) is 26.3 Å². The van der Waals surface area contributed by atoms with Crippen LogP contribution in [0.5, 0.6) is 0 Å². The first-order valence-electron chi connectivity index (χ1n) is 30.3. The van der Waals surface area contributed by atoms with Crippen LogP contribution in [0.2, 0.25) is 0 Å². The molecule has 12 heterocycles. The van der Waals surface area contributed by atoms with Crippen molar-refractivity contribution >= 4 is 44.4 Å². The number of hydrogen-bond donors (Lipinski definition) is 7. The highest BCUT2D eigenvalue weighted by atomic mass is 32.2. The lowest BCUT2D eigenvalue weighted by atomic mass is 10.1. The predicted octanol–water partition coefficient (Wildman–Crippen LogP) is 13.6. The number of nitrogens with two attached hydrogens (primary N) is 5. The Hall–Kier alpha value is -14.0. The molecule has 4 aromatic carbocycles. The number of aromatic nitrogens is 21. The van der Waals surface area contributed by atoms with Gasteiger partial charge in [-0.15, -0.1) is 11.3 Å². The summed E-state index contributed by atoms with van der Waals surface area (Å²) in [5, 5.41) is 24.2. The van der Waals surface area contributed by atoms with Gasteiger partial charge in [-0.2, -0.15) is 20.2 Å². The lowest BCUT2D eigenvalue weighted by Crippen LogP contribution is -2.00. The molecule has 16 rings (SSSR count). The van der Waals surface area contributed by atoms with Crippen LogP contribution in [0.4, 0.5) is 23.3 Å². The van der Waals surface area contributed by atoms with E-state index in [1.165, 1.54) is 18.3 Å². The number of nitrogens with one attached hydrogen (secondary N) is 2. The third-order valence-electron chi connectivity index (χ3n) is 14.6. The Kier molecular flexibility index (Phi) is 21.9. The first kappa shape index (κ1) is 70.3. The molecule has 12 aromatic heterocycles. The molecule has 0 unspecified atom stereocenters. The fraction of sp³-hybridized carbons (Fsp3) is 0.0563. The highest BCUT2D eigenvalue weighted by Gasteiger charge is 2.21. The van der Waals surface area contributed by atoms with Crippen molar-refractivity contribution in [3.05, 3.63) is 231 Å². The van der Waals surface area contributed by atoms with Crippen molar-refractivity contribution < 1.29 is 28.9 Å². The quantitative estimate of drug-likeness (QED) is 0.0531. The van der Waals surface area contributed by atoms with Gasteiger partial charge in [-0.3, -0.25) is 25.1 Å². The monoisotopic (exact) mass is 1420 g/mol. The Bertz CT molecular complexity index is 5600. The second-order valence-corrected chi connectivity index (χ2v) is 24.4. The Morgan fingerprint density at radius 2 is 0.845 bits per heavy atom. The molecule has 0 radical (unpaired) electrons. The summed E-state index contributed by atoms with van der Waals surface area (Å²) in [6, 6.07) is 48.1. The van der Waals surface area contributed by atoms with E-state index >= 15 is 0 Å². The molecule has 0 saturated carbocycles. The third-order valence-corrected chi connectivity index (χ3v) is 16.6. The van der Waals surface area contributed by atoms with Gasteiger partial charge >= 0.3 is 0 Å². The standard InChI is InChI=1S/C19H15N5O3S.C18H16N8.C17H12N6O.C15H11N7S.2CH4.8H2/c1-28(25,26)14-9-7-12(8-10-14)15-11-21-17(20)16(22-15)18-23-19(27-24-18)13-5-3-2-4-6-13;19-8-11-3-1-4-12(7-11)17-24-18(26-25-17)15-16(20)22-10-14(23-15)13-5-2-6-21-9-13;18-15-14(21-13(10-20-15)12-7-4-8-19-9-12)16-22-17(24-23-16)11-5-2-1-3-6-11;16-13-12(15-20-14(21-22-15)11-4-2-6-23-11)19-10(8-18-13)9-3-1-5-17-7-9;;;;;;;;;;/h2-11H,1H3,(H2,20,21);1-7,9-10H,8,19H2,(H2,20,22)(H,24,25,26);1-10H,(H2,18,20);1-8H,(H2,16,18)(H,20,21,22);2*1H4;8*1H. The van der Waals surface area contributed by atoms with Crippen molar-refractivity contribution in [3.63, 3.8) is 0 Å². The SMILES string of the molecule is C.C.CS(=O)(=O)c1ccc(-c2cnc(N)c(-c3noc(-c4ccccc4)n3)n2)cc1.NCc1cccc(-c2n[nH]c(-c3nc(-c4cccnc4)cnc3N)n2)c1.Nc1ncc(-c2cccnc2)nc1-c1n[nH]c(-c2cccs2)n1.Nc1ncc(-c2cccnc2)nc1-c1noc(-c2ccccc2)n1.[HH].[HH].[HH].[HH].[HH].[HH].[HH].[HH]. The first-order chi connectivity index (χ1) is 49.3. The number of hydrogen-bond acceptors (Lipinski definition) is 29. The number of rotatable bonds is 14. The Morgan fingerprint density at radius 3 is 1.30 bits per heavy atom. The van der Waals surface area contributed by atoms with Crippen molar-refractivity contribution in [3.8, 4) is 136 Å². The molecule has 0 aliphatic rings. The summed E-state index contributed by atoms with van der Waals surface area (Å²) in [6.45, 7) is 0.455. The van der Waals surface area contributed by atoms with Gasteiger partial charge < -0.3 is 37.7 Å². The smallest absolute Gasteiger partial charge is 0.258 e. The van der Waals surface area contributed by atoms with E-state index in [4.69, 9.17) is 37.7 Å². The third kappa shape index (κ3) is 16.8. The lowest BCUT2D eigenvalue weighted by molar-refractivity contribution is 0.432. The van der Waals surface area contributed by atoms with Crippen molar-refractivity contribution in [2.75, 3.05) is 29.2 Å². The maximum atomic E-state index is 11.6. The van der Waals surface area contributed by atoms with Crippen molar-refractivity contribution in [2.24, 2.45) is 5.73 Å². The van der Waals surface area contributed by atoms with Gasteiger partial charge in [-0.25, -0.2) is 58.3 Å². The molecule has 0 aliphatic heterocycles. The Morgan fingerprint density at radius 1 is 0.417 bits per heavy atom. The van der Waals surface area contributed by atoms with Crippen LogP contribution in [-0.4, -0.2) is 120 Å². The second-order valence-electron chi connectivity index (χ2n) is 21.5. The van der Waals surface area contributed by atoms with Crippen LogP contribution in [0.15, 0.2) is 239 Å². The number of thiophene rings is 1. The van der Waals surface area contributed by atoms with Crippen LogP contribution in [0.25, 0.3) is 136 Å². The fourth-order valence-electron chi connectivity index (χ4n) is 9.49. The minimum absolute atomic E-state index is 0. The van der Waals surface area contributed by atoms with Gasteiger partial charge in [-0.05, 0) is 95.9 Å². The average molecular weight is 1420 g/mol. The molecule has 0 amide bonds. The number of aromatic amines is 2. The molecule has 0 bridgehead atoms. The summed E-state index contributed by atoms with van der Waals surface area (Å²) in [5.41, 5.74) is 40.3. The topological polar surface area (TPSA) is 467 Å². The molecule has 16 aromatic rings. The summed E-state index contributed by atoms with van der Waals surface area (Å²) < 4.78 is 33.8.